The predicted molar refractivity (Wildman–Crippen MR) is 109 cm³/mol. The molecule has 0 heterocycles. The van der Waals surface area contributed by atoms with Crippen LogP contribution in [-0.2, 0) is 6.54 Å². The summed E-state index contributed by atoms with van der Waals surface area (Å²) in [6.07, 6.45) is 2.73. The fourth-order valence-electron chi connectivity index (χ4n) is 2.29. The Morgan fingerprint density at radius 1 is 1.26 bits per heavy atom. The summed E-state index contributed by atoms with van der Waals surface area (Å²) in [7, 11) is 2.16. The van der Waals surface area contributed by atoms with Crippen LogP contribution in [0.4, 0.5) is 0 Å². The molecule has 0 spiro atoms. The molecule has 0 aliphatic heterocycles. The highest BCUT2D eigenvalue weighted by Gasteiger charge is 2.21. The molecule has 0 amide bonds. The van der Waals surface area contributed by atoms with Gasteiger partial charge in [0.05, 0.1) is 6.54 Å². The number of guanidine groups is 1. The molecule has 1 aliphatic carbocycles. The van der Waals surface area contributed by atoms with Gasteiger partial charge in [0.15, 0.2) is 5.96 Å². The van der Waals surface area contributed by atoms with E-state index in [-0.39, 0.29) is 24.0 Å². The number of hydrogen-bond donors (Lipinski definition) is 2. The molecular weight excluding hydrogens is 399 g/mol. The fraction of sp³-hybridized carbons (Fsp3) is 0.611. The van der Waals surface area contributed by atoms with Crippen LogP contribution in [0.25, 0.3) is 0 Å². The largest absolute Gasteiger partial charge is 0.357 e. The van der Waals surface area contributed by atoms with E-state index in [4.69, 9.17) is 4.99 Å². The number of rotatable bonds is 8. The van der Waals surface area contributed by atoms with Crippen molar-refractivity contribution >= 4 is 29.9 Å². The lowest BCUT2D eigenvalue weighted by Gasteiger charge is -2.24. The summed E-state index contributed by atoms with van der Waals surface area (Å²) in [6, 6.07) is 11.0. The first-order valence-corrected chi connectivity index (χ1v) is 8.45. The minimum atomic E-state index is 0. The Morgan fingerprint density at radius 2 is 1.96 bits per heavy atom. The van der Waals surface area contributed by atoms with Crippen LogP contribution in [0, 0.1) is 5.92 Å². The molecule has 0 radical (unpaired) electrons. The predicted octanol–water partition coefficient (Wildman–Crippen LogP) is 3.09. The first-order valence-electron chi connectivity index (χ1n) is 8.45. The van der Waals surface area contributed by atoms with E-state index >= 15 is 0 Å². The molecule has 23 heavy (non-hydrogen) atoms. The number of aliphatic imine (C=N–C) groups is 1. The van der Waals surface area contributed by atoms with Crippen molar-refractivity contribution in [2.75, 3.05) is 26.7 Å². The maximum Gasteiger partial charge on any atom is 0.191 e. The fourth-order valence-corrected chi connectivity index (χ4v) is 2.29. The summed E-state index contributed by atoms with van der Waals surface area (Å²) >= 11 is 0. The van der Waals surface area contributed by atoms with Crippen molar-refractivity contribution in [3.8, 4) is 0 Å². The zero-order valence-electron chi connectivity index (χ0n) is 14.6. The third kappa shape index (κ3) is 8.01. The van der Waals surface area contributed by atoms with Gasteiger partial charge in [0.25, 0.3) is 0 Å². The van der Waals surface area contributed by atoms with E-state index in [0.717, 1.165) is 38.1 Å². The van der Waals surface area contributed by atoms with Gasteiger partial charge < -0.3 is 10.6 Å². The topological polar surface area (TPSA) is 39.7 Å². The van der Waals surface area contributed by atoms with Gasteiger partial charge >= 0.3 is 0 Å². The van der Waals surface area contributed by atoms with Gasteiger partial charge in [-0.25, -0.2) is 0 Å². The van der Waals surface area contributed by atoms with E-state index in [2.05, 4.69) is 66.8 Å². The van der Waals surface area contributed by atoms with Crippen LogP contribution in [0.1, 0.15) is 32.3 Å². The van der Waals surface area contributed by atoms with E-state index in [9.17, 15) is 0 Å². The molecule has 1 fully saturated rings. The first-order chi connectivity index (χ1) is 10.7. The number of benzene rings is 1. The van der Waals surface area contributed by atoms with E-state index in [1.54, 1.807) is 0 Å². The Kier molecular flexibility index (Phi) is 9.55. The standard InChI is InChI=1S/C18H30N4.HI/c1-4-19-18(21-13-16-10-11-16)20-12-15(2)22(3)14-17-8-6-5-7-9-17;/h5-9,15-16H,4,10-14H2,1-3H3,(H2,19,20,21);1H. The van der Waals surface area contributed by atoms with Crippen molar-refractivity contribution in [3.05, 3.63) is 35.9 Å². The van der Waals surface area contributed by atoms with Gasteiger partial charge in [-0.3, -0.25) is 9.89 Å². The molecule has 1 atom stereocenters. The molecule has 2 N–H and O–H groups in total. The SMILES string of the molecule is CCNC(=NCC(C)N(C)Cc1ccccc1)NCC1CC1.I. The Hall–Kier alpha value is -0.820. The van der Waals surface area contributed by atoms with Crippen LogP contribution in [0.5, 0.6) is 0 Å². The van der Waals surface area contributed by atoms with Crippen molar-refractivity contribution in [1.82, 2.24) is 15.5 Å². The van der Waals surface area contributed by atoms with Crippen molar-refractivity contribution in [3.63, 3.8) is 0 Å². The molecule has 2 rings (SSSR count). The summed E-state index contributed by atoms with van der Waals surface area (Å²) in [6.45, 7) is 8.08. The minimum Gasteiger partial charge on any atom is -0.357 e. The average molecular weight is 430 g/mol. The third-order valence-corrected chi connectivity index (χ3v) is 4.14. The molecule has 1 unspecified atom stereocenters. The second-order valence-corrected chi connectivity index (χ2v) is 6.29. The number of hydrogen-bond acceptors (Lipinski definition) is 2. The lowest BCUT2D eigenvalue weighted by Crippen LogP contribution is -2.40. The van der Waals surface area contributed by atoms with Crippen LogP contribution < -0.4 is 10.6 Å². The van der Waals surface area contributed by atoms with Gasteiger partial charge in [-0.05, 0) is 45.2 Å². The lowest BCUT2D eigenvalue weighted by atomic mass is 10.2. The van der Waals surface area contributed by atoms with E-state index < -0.39 is 0 Å². The van der Waals surface area contributed by atoms with Crippen molar-refractivity contribution < 1.29 is 0 Å². The molecule has 4 nitrogen and oxygen atoms in total. The highest BCUT2D eigenvalue weighted by Crippen LogP contribution is 2.27. The average Bonchev–Trinajstić information content (AvgIpc) is 3.35. The number of halogens is 1. The number of nitrogens with zero attached hydrogens (tertiary/aromatic N) is 2. The van der Waals surface area contributed by atoms with Gasteiger partial charge in [-0.2, -0.15) is 0 Å². The Balaban J connectivity index is 0.00000264. The maximum atomic E-state index is 4.73. The molecule has 1 saturated carbocycles. The van der Waals surface area contributed by atoms with Gasteiger partial charge in [0, 0.05) is 25.7 Å². The van der Waals surface area contributed by atoms with E-state index in [0.29, 0.717) is 6.04 Å². The molecule has 0 saturated heterocycles. The highest BCUT2D eigenvalue weighted by molar-refractivity contribution is 14.0. The normalized spacial score (nSPS) is 15.9. The Labute approximate surface area is 158 Å². The molecule has 130 valence electrons. The zero-order chi connectivity index (χ0) is 15.8. The molecule has 5 heteroatoms. The summed E-state index contributed by atoms with van der Waals surface area (Å²) in [4.78, 5) is 7.08. The van der Waals surface area contributed by atoms with Gasteiger partial charge in [-0.1, -0.05) is 30.3 Å². The van der Waals surface area contributed by atoms with Crippen molar-refractivity contribution in [1.29, 1.82) is 0 Å². The number of nitrogens with one attached hydrogen (secondary N) is 2. The molecule has 0 aromatic heterocycles. The lowest BCUT2D eigenvalue weighted by molar-refractivity contribution is 0.255. The van der Waals surface area contributed by atoms with Crippen LogP contribution >= 0.6 is 24.0 Å². The van der Waals surface area contributed by atoms with Crippen LogP contribution in [0.3, 0.4) is 0 Å². The number of likely N-dealkylation sites (N-methyl/N-ethyl adjacent to an activating group) is 1. The summed E-state index contributed by atoms with van der Waals surface area (Å²) in [5.41, 5.74) is 1.35. The monoisotopic (exact) mass is 430 g/mol. The van der Waals surface area contributed by atoms with E-state index in [1.807, 2.05) is 0 Å². The molecule has 1 aromatic carbocycles. The quantitative estimate of drug-likeness (QED) is 0.378. The van der Waals surface area contributed by atoms with Crippen LogP contribution in [0.2, 0.25) is 0 Å². The maximum absolute atomic E-state index is 4.73. The molecule has 1 aromatic rings. The van der Waals surface area contributed by atoms with E-state index in [1.165, 1.54) is 18.4 Å². The second-order valence-electron chi connectivity index (χ2n) is 6.29. The molecular formula is C18H31IN4. The second kappa shape index (κ2) is 10.9. The summed E-state index contributed by atoms with van der Waals surface area (Å²) in [5.74, 6) is 1.82. The summed E-state index contributed by atoms with van der Waals surface area (Å²) < 4.78 is 0. The molecule has 1 aliphatic rings. The van der Waals surface area contributed by atoms with Crippen molar-refractivity contribution in [2.45, 2.75) is 39.3 Å². The van der Waals surface area contributed by atoms with Gasteiger partial charge in [0.1, 0.15) is 0 Å². The Bertz CT molecular complexity index is 459. The van der Waals surface area contributed by atoms with Gasteiger partial charge in [-0.15, -0.1) is 24.0 Å². The first kappa shape index (κ1) is 20.2. The third-order valence-electron chi connectivity index (χ3n) is 4.14. The van der Waals surface area contributed by atoms with Crippen molar-refractivity contribution in [2.24, 2.45) is 10.9 Å². The van der Waals surface area contributed by atoms with Gasteiger partial charge in [0.2, 0.25) is 0 Å². The smallest absolute Gasteiger partial charge is 0.191 e. The Morgan fingerprint density at radius 3 is 2.57 bits per heavy atom. The minimum absolute atomic E-state index is 0. The highest BCUT2D eigenvalue weighted by atomic mass is 127. The van der Waals surface area contributed by atoms with Crippen LogP contribution in [0.15, 0.2) is 35.3 Å². The summed E-state index contributed by atoms with van der Waals surface area (Å²) in [5, 5.41) is 6.78. The zero-order valence-corrected chi connectivity index (χ0v) is 16.9. The molecule has 0 bridgehead atoms. The van der Waals surface area contributed by atoms with Crippen LogP contribution in [-0.4, -0.2) is 43.6 Å².